The lowest BCUT2D eigenvalue weighted by Gasteiger charge is -2.22. The minimum absolute atomic E-state index is 0.297. The first-order chi connectivity index (χ1) is 7.42. The molecule has 1 aliphatic rings. The number of hydrogen-bond acceptors (Lipinski definition) is 2. The molecule has 3 nitrogen and oxygen atoms in total. The highest BCUT2D eigenvalue weighted by Crippen LogP contribution is 2.27. The van der Waals surface area contributed by atoms with Crippen LogP contribution in [0.3, 0.4) is 0 Å². The van der Waals surface area contributed by atoms with Gasteiger partial charge in [-0.05, 0) is 37.8 Å². The number of likely N-dealkylation sites (N-methyl/N-ethyl adjacent to an activating group) is 1. The Bertz CT molecular complexity index is 314. The molecule has 0 saturated carbocycles. The van der Waals surface area contributed by atoms with Gasteiger partial charge < -0.3 is 10.3 Å². The van der Waals surface area contributed by atoms with Crippen LogP contribution in [0.1, 0.15) is 44.5 Å². The van der Waals surface area contributed by atoms with Gasteiger partial charge in [-0.2, -0.15) is 0 Å². The molecule has 1 aromatic heterocycles. The maximum absolute atomic E-state index is 4.35. The van der Waals surface area contributed by atoms with Gasteiger partial charge in [0.1, 0.15) is 5.82 Å². The van der Waals surface area contributed by atoms with Gasteiger partial charge in [-0.3, -0.25) is 0 Å². The number of aromatic amines is 1. The molecule has 0 spiro atoms. The van der Waals surface area contributed by atoms with E-state index in [1.165, 1.54) is 31.3 Å². The number of aromatic nitrogens is 2. The van der Waals surface area contributed by atoms with E-state index in [1.807, 2.05) is 12.4 Å². The number of nitrogens with one attached hydrogen (secondary N) is 2. The van der Waals surface area contributed by atoms with Gasteiger partial charge in [-0.25, -0.2) is 4.98 Å². The summed E-state index contributed by atoms with van der Waals surface area (Å²) in [4.78, 5) is 7.56. The molecule has 1 heterocycles. The molecule has 0 bridgehead atoms. The predicted molar refractivity (Wildman–Crippen MR) is 61.6 cm³/mol. The van der Waals surface area contributed by atoms with E-state index in [1.54, 1.807) is 0 Å². The summed E-state index contributed by atoms with van der Waals surface area (Å²) in [6.07, 6.45) is 11.2. The van der Waals surface area contributed by atoms with Crippen molar-refractivity contribution in [2.45, 2.75) is 38.6 Å². The maximum Gasteiger partial charge on any atom is 0.127 e. The van der Waals surface area contributed by atoms with Gasteiger partial charge in [0.2, 0.25) is 0 Å². The Morgan fingerprint density at radius 3 is 3.07 bits per heavy atom. The Morgan fingerprint density at radius 1 is 1.53 bits per heavy atom. The van der Waals surface area contributed by atoms with Crippen LogP contribution < -0.4 is 5.32 Å². The first kappa shape index (κ1) is 10.4. The quantitative estimate of drug-likeness (QED) is 0.742. The number of nitrogens with zero attached hydrogens (tertiary/aromatic N) is 1. The minimum atomic E-state index is 0.297. The molecule has 0 aliphatic heterocycles. The second kappa shape index (κ2) is 5.12. The zero-order valence-corrected chi connectivity index (χ0v) is 9.29. The molecule has 3 heteroatoms. The van der Waals surface area contributed by atoms with Crippen LogP contribution in [-0.2, 0) is 0 Å². The Labute approximate surface area is 91.0 Å². The minimum Gasteiger partial charge on any atom is -0.347 e. The summed E-state index contributed by atoms with van der Waals surface area (Å²) in [5.74, 6) is 1.05. The highest BCUT2D eigenvalue weighted by molar-refractivity contribution is 5.19. The number of hydrogen-bond donors (Lipinski definition) is 2. The van der Waals surface area contributed by atoms with E-state index in [-0.39, 0.29) is 0 Å². The normalized spacial score (nSPS) is 18.6. The lowest BCUT2D eigenvalue weighted by atomic mass is 9.93. The Balaban J connectivity index is 2.15. The average molecular weight is 205 g/mol. The van der Waals surface area contributed by atoms with Gasteiger partial charge in [0.15, 0.2) is 0 Å². The molecule has 1 atom stereocenters. The van der Waals surface area contributed by atoms with E-state index < -0.39 is 0 Å². The summed E-state index contributed by atoms with van der Waals surface area (Å²) in [6.45, 7) is 3.11. The molecule has 1 unspecified atom stereocenters. The van der Waals surface area contributed by atoms with Gasteiger partial charge in [0.05, 0.1) is 6.04 Å². The molecule has 1 aromatic rings. The van der Waals surface area contributed by atoms with Gasteiger partial charge in [0, 0.05) is 12.4 Å². The van der Waals surface area contributed by atoms with Crippen LogP contribution >= 0.6 is 0 Å². The highest BCUT2D eigenvalue weighted by Gasteiger charge is 2.18. The van der Waals surface area contributed by atoms with E-state index in [0.29, 0.717) is 6.04 Å². The van der Waals surface area contributed by atoms with Crippen molar-refractivity contribution in [1.29, 1.82) is 0 Å². The molecule has 0 fully saturated rings. The zero-order chi connectivity index (χ0) is 10.5. The smallest absolute Gasteiger partial charge is 0.127 e. The summed E-state index contributed by atoms with van der Waals surface area (Å²) >= 11 is 0. The third-order valence-corrected chi connectivity index (χ3v) is 2.90. The Hall–Kier alpha value is -1.09. The van der Waals surface area contributed by atoms with E-state index in [4.69, 9.17) is 0 Å². The van der Waals surface area contributed by atoms with Crippen molar-refractivity contribution in [2.24, 2.45) is 0 Å². The van der Waals surface area contributed by atoms with Crippen LogP contribution in [0.25, 0.3) is 0 Å². The summed E-state index contributed by atoms with van der Waals surface area (Å²) < 4.78 is 0. The molecule has 1 aliphatic carbocycles. The number of H-pyrrole nitrogens is 1. The van der Waals surface area contributed by atoms with Crippen LogP contribution in [0.15, 0.2) is 24.0 Å². The molecule has 2 rings (SSSR count). The lowest BCUT2D eigenvalue weighted by Crippen LogP contribution is -2.24. The molecule has 15 heavy (non-hydrogen) atoms. The molecule has 0 saturated heterocycles. The van der Waals surface area contributed by atoms with Crippen molar-refractivity contribution in [3.63, 3.8) is 0 Å². The highest BCUT2D eigenvalue weighted by atomic mass is 15.0. The van der Waals surface area contributed by atoms with Crippen LogP contribution in [0, 0.1) is 0 Å². The van der Waals surface area contributed by atoms with Crippen LogP contribution in [0.2, 0.25) is 0 Å². The summed E-state index contributed by atoms with van der Waals surface area (Å²) in [5.41, 5.74) is 1.50. The second-order valence-corrected chi connectivity index (χ2v) is 3.99. The molecule has 0 radical (unpaired) electrons. The summed E-state index contributed by atoms with van der Waals surface area (Å²) in [6, 6.07) is 0.297. The Morgan fingerprint density at radius 2 is 2.47 bits per heavy atom. The third kappa shape index (κ3) is 2.48. The molecular formula is C12H19N3. The maximum atomic E-state index is 4.35. The predicted octanol–water partition coefficient (Wildman–Crippen LogP) is 2.56. The van der Waals surface area contributed by atoms with E-state index in [0.717, 1.165) is 12.4 Å². The molecule has 0 aromatic carbocycles. The van der Waals surface area contributed by atoms with Crippen LogP contribution in [0.4, 0.5) is 0 Å². The molecular weight excluding hydrogens is 186 g/mol. The van der Waals surface area contributed by atoms with Crippen LogP contribution in [-0.4, -0.2) is 16.5 Å². The first-order valence-electron chi connectivity index (χ1n) is 5.83. The largest absolute Gasteiger partial charge is 0.347 e. The van der Waals surface area contributed by atoms with Gasteiger partial charge >= 0.3 is 0 Å². The van der Waals surface area contributed by atoms with Gasteiger partial charge in [-0.1, -0.05) is 13.0 Å². The fourth-order valence-electron chi connectivity index (χ4n) is 2.17. The number of imidazole rings is 1. The van der Waals surface area contributed by atoms with Gasteiger partial charge in [0.25, 0.3) is 0 Å². The molecule has 0 amide bonds. The van der Waals surface area contributed by atoms with E-state index >= 15 is 0 Å². The monoisotopic (exact) mass is 205 g/mol. The van der Waals surface area contributed by atoms with Crippen molar-refractivity contribution in [3.8, 4) is 0 Å². The van der Waals surface area contributed by atoms with Crippen molar-refractivity contribution < 1.29 is 0 Å². The van der Waals surface area contributed by atoms with Gasteiger partial charge in [-0.15, -0.1) is 0 Å². The van der Waals surface area contributed by atoms with E-state index in [2.05, 4.69) is 28.3 Å². The lowest BCUT2D eigenvalue weighted by molar-refractivity contribution is 0.545. The standard InChI is InChI=1S/C12H19N3/c1-2-13-11(12-14-8-9-15-12)10-6-4-3-5-7-10/h6,8-9,11,13H,2-5,7H2,1H3,(H,14,15). The van der Waals surface area contributed by atoms with Crippen molar-refractivity contribution in [1.82, 2.24) is 15.3 Å². The summed E-state index contributed by atoms with van der Waals surface area (Å²) in [5, 5.41) is 3.49. The van der Waals surface area contributed by atoms with E-state index in [9.17, 15) is 0 Å². The van der Waals surface area contributed by atoms with Crippen molar-refractivity contribution in [2.75, 3.05) is 6.54 Å². The molecule has 82 valence electrons. The average Bonchev–Trinajstić information content (AvgIpc) is 2.80. The SMILES string of the molecule is CCNC(C1=CCCCC1)c1ncc[nH]1. The fourth-order valence-corrected chi connectivity index (χ4v) is 2.17. The topological polar surface area (TPSA) is 40.7 Å². The first-order valence-corrected chi connectivity index (χ1v) is 5.83. The van der Waals surface area contributed by atoms with Crippen molar-refractivity contribution >= 4 is 0 Å². The second-order valence-electron chi connectivity index (χ2n) is 3.99. The van der Waals surface area contributed by atoms with Crippen LogP contribution in [0.5, 0.6) is 0 Å². The Kier molecular flexibility index (Phi) is 3.56. The number of allylic oxidation sites excluding steroid dienone is 1. The zero-order valence-electron chi connectivity index (χ0n) is 9.29. The summed E-state index contributed by atoms with van der Waals surface area (Å²) in [7, 11) is 0. The van der Waals surface area contributed by atoms with Crippen molar-refractivity contribution in [3.05, 3.63) is 29.9 Å². The third-order valence-electron chi connectivity index (χ3n) is 2.90. The molecule has 2 N–H and O–H groups in total. The number of rotatable bonds is 4. The fraction of sp³-hybridized carbons (Fsp3) is 0.583.